The Balaban J connectivity index is 1.23. The first-order chi connectivity index (χ1) is 29.0. The first kappa shape index (κ1) is 38.8. The lowest BCUT2D eigenvalue weighted by Crippen LogP contribution is -2.21. The molecule has 7 heteroatoms. The average Bonchev–Trinajstić information content (AvgIpc) is 3.29. The van der Waals surface area contributed by atoms with Crippen LogP contribution < -0.4 is 4.74 Å². The fourth-order valence-electron chi connectivity index (χ4n) is 7.62. The number of esters is 2. The number of methoxy groups -OCH3 is 2. The lowest BCUT2D eigenvalue weighted by Gasteiger charge is -2.25. The van der Waals surface area contributed by atoms with Gasteiger partial charge in [-0.15, -0.1) is 0 Å². The molecule has 0 saturated heterocycles. The molecule has 292 valence electrons. The predicted molar refractivity (Wildman–Crippen MR) is 229 cm³/mol. The summed E-state index contributed by atoms with van der Waals surface area (Å²) in [6.07, 6.45) is -3.47. The number of carbonyl (C=O) groups is 2. The van der Waals surface area contributed by atoms with Crippen LogP contribution in [0, 0.1) is 0 Å². The van der Waals surface area contributed by atoms with Gasteiger partial charge < -0.3 is 23.7 Å². The molecule has 7 nitrogen and oxygen atoms in total. The predicted octanol–water partition coefficient (Wildman–Crippen LogP) is 11.8. The van der Waals surface area contributed by atoms with Gasteiger partial charge in [-0.2, -0.15) is 0 Å². The van der Waals surface area contributed by atoms with Crippen molar-refractivity contribution in [2.45, 2.75) is 24.4 Å². The van der Waals surface area contributed by atoms with E-state index in [1.165, 1.54) is 14.2 Å². The molecule has 0 fully saturated rings. The van der Waals surface area contributed by atoms with Crippen LogP contribution in [-0.2, 0) is 28.5 Å². The summed E-state index contributed by atoms with van der Waals surface area (Å²) in [6.45, 7) is 0. The van der Waals surface area contributed by atoms with E-state index >= 15 is 0 Å². The Bertz CT molecular complexity index is 2470. The Morgan fingerprint density at radius 2 is 0.695 bits per heavy atom. The van der Waals surface area contributed by atoms with Crippen LogP contribution >= 0.6 is 0 Å². The molecular formula is C52H42O7. The first-order valence-electron chi connectivity index (χ1n) is 19.4. The van der Waals surface area contributed by atoms with Crippen molar-refractivity contribution < 1.29 is 33.3 Å². The summed E-state index contributed by atoms with van der Waals surface area (Å²) in [5, 5.41) is 3.34. The van der Waals surface area contributed by atoms with Crippen LogP contribution in [-0.4, -0.2) is 26.2 Å². The quantitative estimate of drug-likeness (QED) is 0.102. The van der Waals surface area contributed by atoms with Crippen molar-refractivity contribution in [3.63, 3.8) is 0 Å². The van der Waals surface area contributed by atoms with Gasteiger partial charge in [0.1, 0.15) is 11.5 Å². The molecule has 8 aromatic rings. The average molecular weight is 779 g/mol. The van der Waals surface area contributed by atoms with Crippen LogP contribution in [0.5, 0.6) is 11.5 Å². The minimum Gasteiger partial charge on any atom is -0.456 e. The van der Waals surface area contributed by atoms with Crippen LogP contribution in [0.4, 0.5) is 0 Å². The van der Waals surface area contributed by atoms with Crippen molar-refractivity contribution in [3.8, 4) is 11.5 Å². The number of fused-ring (bicyclic) bond motifs is 2. The number of ether oxygens (including phenoxy) is 5. The van der Waals surface area contributed by atoms with Gasteiger partial charge in [0.05, 0.1) is 0 Å². The normalized spacial score (nSPS) is 13.3. The summed E-state index contributed by atoms with van der Waals surface area (Å²) < 4.78 is 31.3. The molecule has 0 aromatic heterocycles. The van der Waals surface area contributed by atoms with E-state index < -0.39 is 36.4 Å². The molecule has 0 bridgehead atoms. The summed E-state index contributed by atoms with van der Waals surface area (Å²) in [5.74, 6) is 0.0679. The van der Waals surface area contributed by atoms with Gasteiger partial charge in [0, 0.05) is 36.1 Å². The Kier molecular flexibility index (Phi) is 11.9. The molecule has 0 N–H and O–H groups in total. The molecule has 0 spiro atoms. The maximum absolute atomic E-state index is 14.0. The zero-order chi connectivity index (χ0) is 40.6. The fraction of sp³-hybridized carbons (Fsp3) is 0.115. The SMILES string of the molecule is CO[C@H](C(=O)OC(c1ccccc1)c1cccc2cccc(Oc3cccc4cccc(C(OC(=O)[C@@H](OC)c5ccccc5)c5ccccc5)c34)c12)c1ccccc1. The Labute approximate surface area is 343 Å². The second-order valence-corrected chi connectivity index (χ2v) is 14.0. The minimum atomic E-state index is -0.930. The summed E-state index contributed by atoms with van der Waals surface area (Å²) in [6, 6.07) is 61.5. The van der Waals surface area contributed by atoms with Crippen LogP contribution in [0.3, 0.4) is 0 Å². The molecule has 2 unspecified atom stereocenters. The van der Waals surface area contributed by atoms with Crippen molar-refractivity contribution in [1.82, 2.24) is 0 Å². The van der Waals surface area contributed by atoms with Gasteiger partial charge in [0.15, 0.2) is 24.4 Å². The molecule has 0 saturated carbocycles. The van der Waals surface area contributed by atoms with Gasteiger partial charge >= 0.3 is 11.9 Å². The second kappa shape index (κ2) is 18.0. The van der Waals surface area contributed by atoms with Crippen LogP contribution in [0.15, 0.2) is 194 Å². The summed E-state index contributed by atoms with van der Waals surface area (Å²) in [5.41, 5.74) is 4.44. The fourth-order valence-corrected chi connectivity index (χ4v) is 7.62. The highest BCUT2D eigenvalue weighted by atomic mass is 16.6. The third-order valence-corrected chi connectivity index (χ3v) is 10.4. The van der Waals surface area contributed by atoms with E-state index in [4.69, 9.17) is 23.7 Å². The molecule has 0 aliphatic rings. The number of rotatable bonds is 14. The van der Waals surface area contributed by atoms with Gasteiger partial charge in [-0.1, -0.05) is 182 Å². The number of benzene rings is 8. The molecular weight excluding hydrogens is 737 g/mol. The standard InChI is InChI=1S/C52H42O7/c1-55-49(39-23-11-5-12-24-39)51(53)58-47(37-19-7-3-8-20-37)41-31-15-27-35-29-17-33-43(45(35)41)57-44-34-18-30-36-28-16-32-42(46(36)44)48(38-21-9-4-10-22-38)59-52(54)50(56-2)40-25-13-6-14-26-40/h3-34,47-50H,1-2H3/t47?,48?,49-,50-/m0/s1. The number of hydrogen-bond acceptors (Lipinski definition) is 7. The van der Waals surface area contributed by atoms with Crippen LogP contribution in [0.25, 0.3) is 21.5 Å². The van der Waals surface area contributed by atoms with Crippen molar-refractivity contribution in [2.75, 3.05) is 14.2 Å². The Morgan fingerprint density at radius 3 is 1.03 bits per heavy atom. The van der Waals surface area contributed by atoms with Gasteiger partial charge in [0.2, 0.25) is 0 Å². The monoisotopic (exact) mass is 778 g/mol. The minimum absolute atomic E-state index is 0.522. The summed E-state index contributed by atoms with van der Waals surface area (Å²) >= 11 is 0. The largest absolute Gasteiger partial charge is 0.456 e. The van der Waals surface area contributed by atoms with E-state index in [9.17, 15) is 9.59 Å². The molecule has 0 amide bonds. The van der Waals surface area contributed by atoms with E-state index in [0.29, 0.717) is 22.6 Å². The molecule has 8 rings (SSSR count). The van der Waals surface area contributed by atoms with E-state index in [0.717, 1.165) is 43.8 Å². The highest BCUT2D eigenvalue weighted by Crippen LogP contribution is 2.43. The topological polar surface area (TPSA) is 80.3 Å². The zero-order valence-electron chi connectivity index (χ0n) is 32.6. The summed E-state index contributed by atoms with van der Waals surface area (Å²) in [4.78, 5) is 28.0. The van der Waals surface area contributed by atoms with Gasteiger partial charge in [-0.25, -0.2) is 9.59 Å². The Morgan fingerprint density at radius 1 is 0.373 bits per heavy atom. The van der Waals surface area contributed by atoms with Crippen molar-refractivity contribution in [2.24, 2.45) is 0 Å². The number of carbonyl (C=O) groups excluding carboxylic acids is 2. The van der Waals surface area contributed by atoms with Crippen molar-refractivity contribution >= 4 is 33.5 Å². The van der Waals surface area contributed by atoms with Gasteiger partial charge in [-0.05, 0) is 45.2 Å². The van der Waals surface area contributed by atoms with Crippen LogP contribution in [0.1, 0.15) is 57.8 Å². The summed E-state index contributed by atoms with van der Waals surface area (Å²) in [7, 11) is 3.00. The van der Waals surface area contributed by atoms with E-state index in [2.05, 4.69) is 0 Å². The lowest BCUT2D eigenvalue weighted by atomic mass is 9.94. The van der Waals surface area contributed by atoms with Crippen LogP contribution in [0.2, 0.25) is 0 Å². The molecule has 0 heterocycles. The molecule has 0 aliphatic carbocycles. The van der Waals surface area contributed by atoms with E-state index in [1.54, 1.807) is 0 Å². The first-order valence-corrected chi connectivity index (χ1v) is 19.4. The molecule has 0 radical (unpaired) electrons. The highest BCUT2D eigenvalue weighted by molar-refractivity contribution is 5.95. The molecule has 0 aliphatic heterocycles. The van der Waals surface area contributed by atoms with Gasteiger partial charge in [-0.3, -0.25) is 0 Å². The zero-order valence-corrected chi connectivity index (χ0v) is 32.6. The van der Waals surface area contributed by atoms with E-state index in [1.807, 2.05) is 194 Å². The third-order valence-electron chi connectivity index (χ3n) is 10.4. The molecule has 8 aromatic carbocycles. The van der Waals surface area contributed by atoms with Gasteiger partial charge in [0.25, 0.3) is 0 Å². The number of hydrogen-bond donors (Lipinski definition) is 0. The Hall–Kier alpha value is -7.06. The van der Waals surface area contributed by atoms with Crippen molar-refractivity contribution in [1.29, 1.82) is 0 Å². The third kappa shape index (κ3) is 8.34. The second-order valence-electron chi connectivity index (χ2n) is 14.0. The lowest BCUT2D eigenvalue weighted by molar-refractivity contribution is -0.160. The maximum Gasteiger partial charge on any atom is 0.340 e. The highest BCUT2D eigenvalue weighted by Gasteiger charge is 2.31. The maximum atomic E-state index is 14.0. The van der Waals surface area contributed by atoms with Crippen molar-refractivity contribution in [3.05, 3.63) is 228 Å². The molecule has 4 atom stereocenters. The van der Waals surface area contributed by atoms with E-state index in [-0.39, 0.29) is 0 Å². The smallest absolute Gasteiger partial charge is 0.340 e. The molecule has 59 heavy (non-hydrogen) atoms.